The van der Waals surface area contributed by atoms with Crippen LogP contribution in [-0.2, 0) is 6.18 Å². The summed E-state index contributed by atoms with van der Waals surface area (Å²) in [4.78, 5) is 12.3. The molecule has 3 nitrogen and oxygen atoms in total. The third kappa shape index (κ3) is 4.27. The number of alkyl halides is 6. The largest absolute Gasteiger partial charge is 0.418 e. The first-order valence-corrected chi connectivity index (χ1v) is 5.79. The molecule has 2 N–H and O–H groups in total. The molecule has 0 aromatic heterocycles. The highest BCUT2D eigenvalue weighted by Crippen LogP contribution is 2.35. The second-order valence-corrected chi connectivity index (χ2v) is 4.20. The minimum atomic E-state index is -4.79. The highest BCUT2D eigenvalue weighted by atomic mass is 19.4. The Balaban J connectivity index is 3.18. The number of amides is 1. The van der Waals surface area contributed by atoms with E-state index in [1.165, 1.54) is 6.92 Å². The van der Waals surface area contributed by atoms with Gasteiger partial charge in [-0.15, -0.1) is 0 Å². The van der Waals surface area contributed by atoms with Gasteiger partial charge in [-0.3, -0.25) is 4.79 Å². The van der Waals surface area contributed by atoms with Crippen molar-refractivity contribution in [2.75, 3.05) is 18.8 Å². The van der Waals surface area contributed by atoms with Gasteiger partial charge in [0.1, 0.15) is 6.54 Å². The Bertz CT molecular complexity index is 523. The molecule has 118 valence electrons. The van der Waals surface area contributed by atoms with Crippen molar-refractivity contribution in [3.05, 3.63) is 29.3 Å². The van der Waals surface area contributed by atoms with Crippen LogP contribution in [0.3, 0.4) is 0 Å². The summed E-state index contributed by atoms with van der Waals surface area (Å²) < 4.78 is 75.0. The van der Waals surface area contributed by atoms with Gasteiger partial charge in [0.05, 0.1) is 16.8 Å². The van der Waals surface area contributed by atoms with E-state index in [0.29, 0.717) is 11.0 Å². The molecule has 0 atom stereocenters. The van der Waals surface area contributed by atoms with E-state index < -0.39 is 41.6 Å². The minimum Gasteiger partial charge on any atom is -0.398 e. The molecule has 0 aliphatic rings. The zero-order valence-corrected chi connectivity index (χ0v) is 10.8. The normalized spacial score (nSPS) is 12.3. The fourth-order valence-electron chi connectivity index (χ4n) is 1.71. The van der Waals surface area contributed by atoms with Crippen molar-refractivity contribution in [2.45, 2.75) is 19.3 Å². The third-order valence-electron chi connectivity index (χ3n) is 2.68. The quantitative estimate of drug-likeness (QED) is 0.687. The van der Waals surface area contributed by atoms with Crippen LogP contribution < -0.4 is 5.73 Å². The van der Waals surface area contributed by atoms with Crippen molar-refractivity contribution in [3.63, 3.8) is 0 Å². The summed E-state index contributed by atoms with van der Waals surface area (Å²) in [5.74, 6) is -1.20. The Hall–Kier alpha value is -1.93. The number of nitrogens with two attached hydrogens (primary N) is 1. The summed E-state index contributed by atoms with van der Waals surface area (Å²) in [5, 5.41) is 0. The van der Waals surface area contributed by atoms with Crippen LogP contribution in [0.15, 0.2) is 18.2 Å². The van der Waals surface area contributed by atoms with Gasteiger partial charge in [-0.05, 0) is 19.1 Å². The van der Waals surface area contributed by atoms with Crippen LogP contribution in [0.4, 0.5) is 32.0 Å². The number of halogens is 6. The number of carbonyl (C=O) groups is 1. The summed E-state index contributed by atoms with van der Waals surface area (Å²) in [6.07, 6.45) is -9.44. The molecule has 0 aliphatic carbocycles. The number of carbonyl (C=O) groups excluding carboxylic acids is 1. The van der Waals surface area contributed by atoms with E-state index in [1.54, 1.807) is 0 Å². The molecule has 0 fully saturated rings. The first-order chi connectivity index (χ1) is 9.47. The van der Waals surface area contributed by atoms with E-state index in [4.69, 9.17) is 5.73 Å². The highest BCUT2D eigenvalue weighted by Gasteiger charge is 2.36. The van der Waals surface area contributed by atoms with Crippen LogP contribution >= 0.6 is 0 Å². The lowest BCUT2D eigenvalue weighted by Gasteiger charge is -2.23. The summed E-state index contributed by atoms with van der Waals surface area (Å²) in [6.45, 7) is -0.584. The van der Waals surface area contributed by atoms with E-state index in [-0.39, 0.29) is 6.54 Å². The van der Waals surface area contributed by atoms with E-state index >= 15 is 0 Å². The van der Waals surface area contributed by atoms with Crippen LogP contribution in [0.5, 0.6) is 0 Å². The summed E-state index contributed by atoms with van der Waals surface area (Å²) in [6, 6.07) is 2.55. The Morgan fingerprint density at radius 3 is 2.19 bits per heavy atom. The van der Waals surface area contributed by atoms with Crippen molar-refractivity contribution in [1.29, 1.82) is 0 Å². The van der Waals surface area contributed by atoms with Crippen LogP contribution in [0.1, 0.15) is 22.8 Å². The van der Waals surface area contributed by atoms with Gasteiger partial charge in [-0.1, -0.05) is 6.07 Å². The summed E-state index contributed by atoms with van der Waals surface area (Å²) in [5.41, 5.74) is 2.54. The van der Waals surface area contributed by atoms with E-state index in [9.17, 15) is 31.1 Å². The maximum atomic E-state index is 12.7. The van der Waals surface area contributed by atoms with E-state index in [0.717, 1.165) is 12.1 Å². The van der Waals surface area contributed by atoms with Gasteiger partial charge in [0, 0.05) is 6.54 Å². The molecule has 0 saturated heterocycles. The maximum Gasteiger partial charge on any atom is 0.418 e. The number of hydrogen-bond acceptors (Lipinski definition) is 2. The van der Waals surface area contributed by atoms with Crippen molar-refractivity contribution in [3.8, 4) is 0 Å². The molecule has 0 bridgehead atoms. The predicted molar refractivity (Wildman–Crippen MR) is 63.5 cm³/mol. The first kappa shape index (κ1) is 17.1. The number of para-hydroxylation sites is 1. The number of benzene rings is 1. The second kappa shape index (κ2) is 5.82. The van der Waals surface area contributed by atoms with Gasteiger partial charge in [0.15, 0.2) is 0 Å². The summed E-state index contributed by atoms with van der Waals surface area (Å²) in [7, 11) is 0. The number of anilines is 1. The zero-order valence-electron chi connectivity index (χ0n) is 10.8. The average Bonchev–Trinajstić information content (AvgIpc) is 2.33. The Morgan fingerprint density at radius 1 is 1.19 bits per heavy atom. The molecule has 0 unspecified atom stereocenters. The van der Waals surface area contributed by atoms with Crippen molar-refractivity contribution < 1.29 is 31.1 Å². The van der Waals surface area contributed by atoms with Crippen LogP contribution in [0.25, 0.3) is 0 Å². The van der Waals surface area contributed by atoms with Gasteiger partial charge in [0.2, 0.25) is 0 Å². The molecule has 0 saturated carbocycles. The Labute approximate surface area is 116 Å². The number of nitrogen functional groups attached to an aromatic ring is 1. The van der Waals surface area contributed by atoms with Crippen molar-refractivity contribution >= 4 is 11.6 Å². The molecule has 1 rings (SSSR count). The maximum absolute atomic E-state index is 12.7. The summed E-state index contributed by atoms with van der Waals surface area (Å²) >= 11 is 0. The molecule has 0 aliphatic heterocycles. The Morgan fingerprint density at radius 2 is 1.76 bits per heavy atom. The minimum absolute atomic E-state index is 0.311. The molecular formula is C12H12F6N2O. The van der Waals surface area contributed by atoms with Gasteiger partial charge < -0.3 is 10.6 Å². The van der Waals surface area contributed by atoms with Crippen LogP contribution in [0.2, 0.25) is 0 Å². The van der Waals surface area contributed by atoms with Crippen LogP contribution in [-0.4, -0.2) is 30.1 Å². The SMILES string of the molecule is CCN(CC(F)(F)F)C(=O)c1cccc(C(F)(F)F)c1N. The van der Waals surface area contributed by atoms with Gasteiger partial charge in [-0.25, -0.2) is 0 Å². The molecule has 1 aromatic carbocycles. The standard InChI is InChI=1S/C12H12F6N2O/c1-2-20(6-11(13,14)15)10(21)7-4-3-5-8(9(7)19)12(16,17)18/h3-5H,2,6,19H2,1H3. The fraction of sp³-hybridized carbons (Fsp3) is 0.417. The van der Waals surface area contributed by atoms with E-state index in [1.807, 2.05) is 0 Å². The molecule has 1 aromatic rings. The fourth-order valence-corrected chi connectivity index (χ4v) is 1.71. The molecular weight excluding hydrogens is 302 g/mol. The van der Waals surface area contributed by atoms with Crippen molar-refractivity contribution in [2.24, 2.45) is 0 Å². The average molecular weight is 314 g/mol. The topological polar surface area (TPSA) is 46.3 Å². The monoisotopic (exact) mass is 314 g/mol. The Kier molecular flexibility index (Phi) is 4.75. The molecule has 0 radical (unpaired) electrons. The molecule has 0 spiro atoms. The van der Waals surface area contributed by atoms with Gasteiger partial charge >= 0.3 is 12.4 Å². The molecule has 21 heavy (non-hydrogen) atoms. The lowest BCUT2D eigenvalue weighted by atomic mass is 10.1. The molecule has 1 amide bonds. The lowest BCUT2D eigenvalue weighted by Crippen LogP contribution is -2.39. The van der Waals surface area contributed by atoms with Gasteiger partial charge in [-0.2, -0.15) is 26.3 Å². The smallest absolute Gasteiger partial charge is 0.398 e. The lowest BCUT2D eigenvalue weighted by molar-refractivity contribution is -0.140. The number of nitrogens with zero attached hydrogens (tertiary/aromatic N) is 1. The van der Waals surface area contributed by atoms with Crippen LogP contribution in [0, 0.1) is 0 Å². The second-order valence-electron chi connectivity index (χ2n) is 4.20. The molecule has 0 heterocycles. The molecule has 9 heteroatoms. The highest BCUT2D eigenvalue weighted by molar-refractivity contribution is 5.99. The predicted octanol–water partition coefficient (Wildman–Crippen LogP) is 3.31. The van der Waals surface area contributed by atoms with Gasteiger partial charge in [0.25, 0.3) is 5.91 Å². The number of rotatable bonds is 3. The number of hydrogen-bond donors (Lipinski definition) is 1. The van der Waals surface area contributed by atoms with E-state index in [2.05, 4.69) is 0 Å². The zero-order chi connectivity index (χ0) is 16.4. The van der Waals surface area contributed by atoms with Crippen molar-refractivity contribution in [1.82, 2.24) is 4.90 Å². The first-order valence-electron chi connectivity index (χ1n) is 5.79. The third-order valence-corrected chi connectivity index (χ3v) is 2.68.